The van der Waals surface area contributed by atoms with Gasteiger partial charge in [-0.25, -0.2) is 5.10 Å². The summed E-state index contributed by atoms with van der Waals surface area (Å²) in [6.07, 6.45) is 0. The maximum absolute atomic E-state index is 11.7. The number of carbonyl (C=O) groups is 2. The number of nitrogen functional groups attached to an aromatic ring is 1. The molecule has 0 fully saturated rings. The monoisotopic (exact) mass is 318 g/mol. The van der Waals surface area contributed by atoms with Gasteiger partial charge >= 0.3 is 11.8 Å². The van der Waals surface area contributed by atoms with Gasteiger partial charge in [0.05, 0.1) is 11.3 Å². The van der Waals surface area contributed by atoms with Gasteiger partial charge in [-0.1, -0.05) is 12.1 Å². The van der Waals surface area contributed by atoms with E-state index >= 15 is 0 Å². The zero-order chi connectivity index (χ0) is 16.1. The van der Waals surface area contributed by atoms with Gasteiger partial charge in [0.25, 0.3) is 5.95 Å². The van der Waals surface area contributed by atoms with Crippen LogP contribution in [0.3, 0.4) is 0 Å². The third-order valence-electron chi connectivity index (χ3n) is 2.49. The standard InChI is InChI=1S/C11H10N8O2S/c12-5-6-3-1-2-4-7(6)14-8(20)9(21)15-16-10-17-18-11(22)19(10)13/h1-4H,13H2,(H,14,20)(H,15,21)(H,16,17)(H,18,22). The molecule has 2 aromatic rings. The Kier molecular flexibility index (Phi) is 4.35. The Balaban J connectivity index is 1.98. The minimum absolute atomic E-state index is 0.0172. The first kappa shape index (κ1) is 15.0. The number of rotatable bonds is 3. The molecule has 0 aliphatic heterocycles. The first-order chi connectivity index (χ1) is 10.5. The quantitative estimate of drug-likeness (QED) is 0.223. The molecule has 2 rings (SSSR count). The number of amides is 2. The van der Waals surface area contributed by atoms with Crippen LogP contribution in [0.2, 0.25) is 0 Å². The van der Waals surface area contributed by atoms with E-state index in [1.54, 1.807) is 12.1 Å². The van der Waals surface area contributed by atoms with Gasteiger partial charge in [-0.2, -0.15) is 9.94 Å². The summed E-state index contributed by atoms with van der Waals surface area (Å²) >= 11 is 4.78. The van der Waals surface area contributed by atoms with Crippen LogP contribution in [0.1, 0.15) is 5.56 Å². The molecule has 1 aromatic carbocycles. The van der Waals surface area contributed by atoms with Crippen molar-refractivity contribution in [2.45, 2.75) is 0 Å². The van der Waals surface area contributed by atoms with Crippen LogP contribution in [-0.2, 0) is 9.59 Å². The molecule has 0 saturated heterocycles. The Morgan fingerprint density at radius 3 is 2.73 bits per heavy atom. The van der Waals surface area contributed by atoms with Gasteiger partial charge in [-0.15, -0.1) is 5.10 Å². The molecule has 2 amide bonds. The molecule has 1 aromatic heterocycles. The number of nitrogens with two attached hydrogens (primary N) is 1. The van der Waals surface area contributed by atoms with Crippen LogP contribution in [0.4, 0.5) is 11.6 Å². The molecule has 0 atom stereocenters. The van der Waals surface area contributed by atoms with Crippen molar-refractivity contribution in [1.29, 1.82) is 5.26 Å². The fourth-order valence-corrected chi connectivity index (χ4v) is 1.56. The molecular weight excluding hydrogens is 308 g/mol. The van der Waals surface area contributed by atoms with E-state index in [2.05, 4.69) is 26.4 Å². The molecule has 11 heteroatoms. The Hall–Kier alpha value is -3.39. The van der Waals surface area contributed by atoms with Gasteiger partial charge in [0, 0.05) is 0 Å². The van der Waals surface area contributed by atoms with E-state index in [0.717, 1.165) is 4.68 Å². The molecule has 0 unspecified atom stereocenters. The zero-order valence-electron chi connectivity index (χ0n) is 11.0. The van der Waals surface area contributed by atoms with Crippen molar-refractivity contribution in [2.75, 3.05) is 16.6 Å². The second-order valence-electron chi connectivity index (χ2n) is 3.91. The fourth-order valence-electron chi connectivity index (χ4n) is 1.43. The van der Waals surface area contributed by atoms with Crippen LogP contribution in [0.15, 0.2) is 24.3 Å². The van der Waals surface area contributed by atoms with E-state index in [-0.39, 0.29) is 22.0 Å². The topological polar surface area (TPSA) is 154 Å². The number of aromatic amines is 1. The minimum atomic E-state index is -0.998. The number of nitriles is 1. The first-order valence-corrected chi connectivity index (χ1v) is 6.22. The van der Waals surface area contributed by atoms with Crippen LogP contribution in [0.25, 0.3) is 0 Å². The Bertz CT molecular complexity index is 818. The third-order valence-corrected chi connectivity index (χ3v) is 2.78. The summed E-state index contributed by atoms with van der Waals surface area (Å²) in [5.74, 6) is 3.55. The van der Waals surface area contributed by atoms with E-state index in [0.29, 0.717) is 0 Å². The van der Waals surface area contributed by atoms with Crippen molar-refractivity contribution >= 4 is 35.7 Å². The normalized spacial score (nSPS) is 9.59. The molecular formula is C11H10N8O2S. The Morgan fingerprint density at radius 2 is 2.09 bits per heavy atom. The lowest BCUT2D eigenvalue weighted by Crippen LogP contribution is -2.40. The van der Waals surface area contributed by atoms with Crippen molar-refractivity contribution < 1.29 is 9.59 Å². The van der Waals surface area contributed by atoms with Gasteiger partial charge in [-0.05, 0) is 24.4 Å². The van der Waals surface area contributed by atoms with Crippen molar-refractivity contribution in [3.05, 3.63) is 34.6 Å². The molecule has 0 spiro atoms. The summed E-state index contributed by atoms with van der Waals surface area (Å²) in [6.45, 7) is 0. The molecule has 0 aliphatic rings. The van der Waals surface area contributed by atoms with Crippen LogP contribution >= 0.6 is 12.2 Å². The van der Waals surface area contributed by atoms with Crippen LogP contribution in [0, 0.1) is 16.1 Å². The van der Waals surface area contributed by atoms with Crippen molar-refractivity contribution in [3.63, 3.8) is 0 Å². The van der Waals surface area contributed by atoms with Crippen LogP contribution in [0.5, 0.6) is 0 Å². The highest BCUT2D eigenvalue weighted by Gasteiger charge is 2.15. The number of para-hydroxylation sites is 1. The predicted molar refractivity (Wildman–Crippen MR) is 79.1 cm³/mol. The largest absolute Gasteiger partial charge is 0.334 e. The number of aromatic nitrogens is 3. The Morgan fingerprint density at radius 1 is 1.36 bits per heavy atom. The molecule has 1 heterocycles. The molecule has 10 nitrogen and oxygen atoms in total. The smallest absolute Gasteiger partial charge is 0.328 e. The SMILES string of the molecule is N#Cc1ccccc1NC(=O)C(=O)NNc1n[nH]c(=S)n1N. The number of anilines is 2. The van der Waals surface area contributed by atoms with Gasteiger partial charge in [-0.3, -0.25) is 20.4 Å². The molecule has 22 heavy (non-hydrogen) atoms. The molecule has 112 valence electrons. The molecule has 0 aliphatic carbocycles. The minimum Gasteiger partial charge on any atom is -0.334 e. The highest BCUT2D eigenvalue weighted by molar-refractivity contribution is 7.71. The van der Waals surface area contributed by atoms with Crippen LogP contribution < -0.4 is 22.0 Å². The van der Waals surface area contributed by atoms with E-state index in [1.807, 2.05) is 6.07 Å². The highest BCUT2D eigenvalue weighted by atomic mass is 32.1. The molecule has 0 bridgehead atoms. The summed E-state index contributed by atoms with van der Waals surface area (Å²) in [4.78, 5) is 23.4. The third kappa shape index (κ3) is 3.19. The number of H-pyrrole nitrogens is 1. The Labute approximate surface area is 128 Å². The van der Waals surface area contributed by atoms with Crippen molar-refractivity contribution in [2.24, 2.45) is 0 Å². The number of hydrogen-bond donors (Lipinski definition) is 5. The summed E-state index contributed by atoms with van der Waals surface area (Å²) in [5, 5.41) is 17.3. The lowest BCUT2D eigenvalue weighted by Gasteiger charge is -2.08. The van der Waals surface area contributed by atoms with Gasteiger partial charge in [0.15, 0.2) is 0 Å². The molecule has 0 saturated carbocycles. The summed E-state index contributed by atoms with van der Waals surface area (Å²) in [5.41, 5.74) is 4.89. The predicted octanol–water partition coefficient (Wildman–Crippen LogP) is -0.392. The lowest BCUT2D eigenvalue weighted by molar-refractivity contribution is -0.135. The number of carbonyl (C=O) groups excluding carboxylic acids is 2. The van der Waals surface area contributed by atoms with Crippen molar-refractivity contribution in [1.82, 2.24) is 20.3 Å². The number of benzene rings is 1. The number of nitrogens with one attached hydrogen (secondary N) is 4. The van der Waals surface area contributed by atoms with Gasteiger partial charge < -0.3 is 11.2 Å². The van der Waals surface area contributed by atoms with E-state index in [9.17, 15) is 9.59 Å². The molecule has 6 N–H and O–H groups in total. The van der Waals surface area contributed by atoms with E-state index in [4.69, 9.17) is 23.3 Å². The highest BCUT2D eigenvalue weighted by Crippen LogP contribution is 2.13. The maximum Gasteiger partial charge on any atom is 0.328 e. The second kappa shape index (κ2) is 6.37. The average molecular weight is 318 g/mol. The van der Waals surface area contributed by atoms with E-state index in [1.165, 1.54) is 12.1 Å². The number of hydrazine groups is 1. The average Bonchev–Trinajstić information content (AvgIpc) is 2.84. The van der Waals surface area contributed by atoms with Gasteiger partial charge in [0.2, 0.25) is 4.77 Å². The first-order valence-electron chi connectivity index (χ1n) is 5.82. The maximum atomic E-state index is 11.7. The second-order valence-corrected chi connectivity index (χ2v) is 4.30. The van der Waals surface area contributed by atoms with Crippen LogP contribution in [-0.4, -0.2) is 26.7 Å². The summed E-state index contributed by atoms with van der Waals surface area (Å²) < 4.78 is 1.10. The van der Waals surface area contributed by atoms with Gasteiger partial charge in [0.1, 0.15) is 6.07 Å². The van der Waals surface area contributed by atoms with E-state index < -0.39 is 11.8 Å². The summed E-state index contributed by atoms with van der Waals surface area (Å²) in [6, 6.07) is 8.18. The zero-order valence-corrected chi connectivity index (χ0v) is 11.8. The molecule has 0 radical (unpaired) electrons. The lowest BCUT2D eigenvalue weighted by atomic mass is 10.2. The fraction of sp³-hybridized carbons (Fsp3) is 0. The number of hydrogen-bond acceptors (Lipinski definition) is 7. The van der Waals surface area contributed by atoms with Crippen molar-refractivity contribution in [3.8, 4) is 6.07 Å². The summed E-state index contributed by atoms with van der Waals surface area (Å²) in [7, 11) is 0. The number of nitrogens with zero attached hydrogens (tertiary/aromatic N) is 3.